The van der Waals surface area contributed by atoms with Gasteiger partial charge in [0.15, 0.2) is 5.13 Å². The summed E-state index contributed by atoms with van der Waals surface area (Å²) in [4.78, 5) is 33.7. The van der Waals surface area contributed by atoms with E-state index in [2.05, 4.69) is 10.3 Å². The molecule has 0 saturated carbocycles. The smallest absolute Gasteiger partial charge is 0.273 e. The van der Waals surface area contributed by atoms with Crippen molar-refractivity contribution < 1.29 is 23.5 Å². The van der Waals surface area contributed by atoms with Gasteiger partial charge in [0.1, 0.15) is 17.2 Å². The third kappa shape index (κ3) is 6.11. The first kappa shape index (κ1) is 22.8. The summed E-state index contributed by atoms with van der Waals surface area (Å²) in [7, 11) is 1.62. The second-order valence-corrected chi connectivity index (χ2v) is 8.30. The molecule has 10 heteroatoms. The number of morpholine rings is 1. The Labute approximate surface area is 195 Å². The molecule has 0 unspecified atom stereocenters. The Kier molecular flexibility index (Phi) is 7.59. The monoisotopic (exact) mass is 470 g/mol. The molecule has 174 valence electrons. The van der Waals surface area contributed by atoms with Gasteiger partial charge in [-0.2, -0.15) is 0 Å². The number of nitrogens with zero attached hydrogens (tertiary/aromatic N) is 3. The minimum absolute atomic E-state index is 0.00989. The fourth-order valence-corrected chi connectivity index (χ4v) is 4.14. The fourth-order valence-electron chi connectivity index (χ4n) is 3.43. The Morgan fingerprint density at radius 1 is 1.21 bits per heavy atom. The molecule has 1 aliphatic rings. The standard InChI is InChI=1S/C23H26N4O5S/c1-30-18-6-4-17(5-7-18)24-23-25-20(16-33-23)22(29)27(15-19-3-2-12-32-19)9-8-21(28)26-10-13-31-14-11-26/h2-7,12,16H,8-11,13-15H2,1H3,(H,24,25). The van der Waals surface area contributed by atoms with Crippen LogP contribution in [-0.2, 0) is 16.1 Å². The van der Waals surface area contributed by atoms with Crippen molar-refractivity contribution in [3.05, 3.63) is 59.5 Å². The van der Waals surface area contributed by atoms with E-state index < -0.39 is 0 Å². The van der Waals surface area contributed by atoms with Gasteiger partial charge in [-0.3, -0.25) is 9.59 Å². The average molecular weight is 471 g/mol. The molecule has 1 aromatic carbocycles. The third-order valence-corrected chi connectivity index (χ3v) is 6.00. The number of ether oxygens (including phenoxy) is 2. The van der Waals surface area contributed by atoms with Crippen LogP contribution in [0.4, 0.5) is 10.8 Å². The van der Waals surface area contributed by atoms with Crippen molar-refractivity contribution in [2.24, 2.45) is 0 Å². The lowest BCUT2D eigenvalue weighted by atomic mass is 10.2. The van der Waals surface area contributed by atoms with Crippen LogP contribution in [0.1, 0.15) is 22.7 Å². The molecule has 0 bridgehead atoms. The second kappa shape index (κ2) is 11.0. The molecule has 2 aromatic heterocycles. The highest BCUT2D eigenvalue weighted by molar-refractivity contribution is 7.14. The summed E-state index contributed by atoms with van der Waals surface area (Å²) < 4.78 is 15.9. The van der Waals surface area contributed by atoms with Crippen LogP contribution in [-0.4, -0.2) is 66.6 Å². The Balaban J connectivity index is 1.42. The first-order chi connectivity index (χ1) is 16.1. The maximum Gasteiger partial charge on any atom is 0.273 e. The predicted molar refractivity (Wildman–Crippen MR) is 124 cm³/mol. The van der Waals surface area contributed by atoms with Gasteiger partial charge in [0, 0.05) is 37.1 Å². The minimum atomic E-state index is -0.250. The van der Waals surface area contributed by atoms with Gasteiger partial charge >= 0.3 is 0 Å². The first-order valence-corrected chi connectivity index (χ1v) is 11.5. The number of benzene rings is 1. The van der Waals surface area contributed by atoms with Gasteiger partial charge in [-0.25, -0.2) is 4.98 Å². The molecule has 0 radical (unpaired) electrons. The normalized spacial score (nSPS) is 13.5. The predicted octanol–water partition coefficient (Wildman–Crippen LogP) is 3.38. The highest BCUT2D eigenvalue weighted by Crippen LogP contribution is 2.24. The van der Waals surface area contributed by atoms with E-state index >= 15 is 0 Å². The van der Waals surface area contributed by atoms with Gasteiger partial charge < -0.3 is 29.0 Å². The number of hydrogen-bond donors (Lipinski definition) is 1. The van der Waals surface area contributed by atoms with Gasteiger partial charge in [-0.05, 0) is 36.4 Å². The number of methoxy groups -OCH3 is 1. The number of aromatic nitrogens is 1. The summed E-state index contributed by atoms with van der Waals surface area (Å²) in [6.07, 6.45) is 1.80. The van der Waals surface area contributed by atoms with E-state index in [0.717, 1.165) is 11.4 Å². The molecule has 4 rings (SSSR count). The van der Waals surface area contributed by atoms with Crippen LogP contribution >= 0.6 is 11.3 Å². The highest BCUT2D eigenvalue weighted by atomic mass is 32.1. The number of thiazole rings is 1. The van der Waals surface area contributed by atoms with Crippen molar-refractivity contribution in [1.29, 1.82) is 0 Å². The van der Waals surface area contributed by atoms with Crippen molar-refractivity contribution in [3.63, 3.8) is 0 Å². The van der Waals surface area contributed by atoms with Crippen molar-refractivity contribution >= 4 is 34.0 Å². The number of nitrogens with one attached hydrogen (secondary N) is 1. The molecule has 1 N–H and O–H groups in total. The van der Waals surface area contributed by atoms with Crippen LogP contribution < -0.4 is 10.1 Å². The zero-order chi connectivity index (χ0) is 23.0. The summed E-state index contributed by atoms with van der Waals surface area (Å²) >= 11 is 1.34. The SMILES string of the molecule is COc1ccc(Nc2nc(C(=O)N(CCC(=O)N3CCOCC3)Cc3ccco3)cs2)cc1. The maximum atomic E-state index is 13.2. The molecule has 33 heavy (non-hydrogen) atoms. The van der Waals surface area contributed by atoms with Crippen LogP contribution in [0, 0.1) is 0 Å². The lowest BCUT2D eigenvalue weighted by molar-refractivity contribution is -0.135. The summed E-state index contributed by atoms with van der Waals surface area (Å²) in [5, 5.41) is 5.52. The summed E-state index contributed by atoms with van der Waals surface area (Å²) in [5.41, 5.74) is 1.16. The number of carbonyl (C=O) groups excluding carboxylic acids is 2. The highest BCUT2D eigenvalue weighted by Gasteiger charge is 2.23. The maximum absolute atomic E-state index is 13.2. The van der Waals surface area contributed by atoms with E-state index in [1.807, 2.05) is 30.3 Å². The van der Waals surface area contributed by atoms with Gasteiger partial charge in [-0.15, -0.1) is 11.3 Å². The van der Waals surface area contributed by atoms with Gasteiger partial charge in [0.05, 0.1) is 33.1 Å². The number of amides is 2. The molecular weight excluding hydrogens is 444 g/mol. The zero-order valence-corrected chi connectivity index (χ0v) is 19.2. The molecule has 1 aliphatic heterocycles. The Morgan fingerprint density at radius 3 is 2.70 bits per heavy atom. The first-order valence-electron chi connectivity index (χ1n) is 10.7. The Bertz CT molecular complexity index is 1050. The number of rotatable bonds is 9. The third-order valence-electron chi connectivity index (χ3n) is 5.24. The number of carbonyl (C=O) groups is 2. The molecule has 0 spiro atoms. The zero-order valence-electron chi connectivity index (χ0n) is 18.4. The van der Waals surface area contributed by atoms with Crippen LogP contribution in [0.15, 0.2) is 52.5 Å². The van der Waals surface area contributed by atoms with E-state index in [1.165, 1.54) is 11.3 Å². The van der Waals surface area contributed by atoms with Crippen molar-refractivity contribution in [2.75, 3.05) is 45.3 Å². The molecule has 1 fully saturated rings. The average Bonchev–Trinajstić information content (AvgIpc) is 3.54. The quantitative estimate of drug-likeness (QED) is 0.512. The van der Waals surface area contributed by atoms with E-state index in [-0.39, 0.29) is 31.3 Å². The molecular formula is C23H26N4O5S. The van der Waals surface area contributed by atoms with Crippen LogP contribution in [0.2, 0.25) is 0 Å². The number of anilines is 2. The largest absolute Gasteiger partial charge is 0.497 e. The topological polar surface area (TPSA) is 97.1 Å². The molecule has 0 atom stereocenters. The number of hydrogen-bond acceptors (Lipinski definition) is 8. The van der Waals surface area contributed by atoms with Crippen molar-refractivity contribution in [2.45, 2.75) is 13.0 Å². The summed E-state index contributed by atoms with van der Waals surface area (Å²) in [6, 6.07) is 11.0. The van der Waals surface area contributed by atoms with Gasteiger partial charge in [-0.1, -0.05) is 0 Å². The van der Waals surface area contributed by atoms with Crippen LogP contribution in [0.25, 0.3) is 0 Å². The molecule has 3 heterocycles. The van der Waals surface area contributed by atoms with Gasteiger partial charge in [0.2, 0.25) is 5.91 Å². The number of furan rings is 1. The second-order valence-electron chi connectivity index (χ2n) is 7.44. The van der Waals surface area contributed by atoms with Crippen molar-refractivity contribution in [1.82, 2.24) is 14.8 Å². The molecule has 2 amide bonds. The molecule has 1 saturated heterocycles. The summed E-state index contributed by atoms with van der Waals surface area (Å²) in [5.74, 6) is 1.17. The lowest BCUT2D eigenvalue weighted by Gasteiger charge is -2.28. The molecule has 9 nitrogen and oxygen atoms in total. The Hall–Kier alpha value is -3.37. The molecule has 0 aliphatic carbocycles. The van der Waals surface area contributed by atoms with E-state index in [1.54, 1.807) is 34.6 Å². The fraction of sp³-hybridized carbons (Fsp3) is 0.348. The van der Waals surface area contributed by atoms with E-state index in [4.69, 9.17) is 13.9 Å². The summed E-state index contributed by atoms with van der Waals surface area (Å²) in [6.45, 7) is 2.79. The van der Waals surface area contributed by atoms with Gasteiger partial charge in [0.25, 0.3) is 5.91 Å². The Morgan fingerprint density at radius 2 is 2.00 bits per heavy atom. The van der Waals surface area contributed by atoms with Crippen LogP contribution in [0.5, 0.6) is 5.75 Å². The lowest BCUT2D eigenvalue weighted by Crippen LogP contribution is -2.42. The molecule has 3 aromatic rings. The van der Waals surface area contributed by atoms with Crippen molar-refractivity contribution in [3.8, 4) is 5.75 Å². The van der Waals surface area contributed by atoms with Crippen LogP contribution in [0.3, 0.4) is 0 Å². The van der Waals surface area contributed by atoms with E-state index in [0.29, 0.717) is 42.9 Å². The minimum Gasteiger partial charge on any atom is -0.497 e. The van der Waals surface area contributed by atoms with E-state index in [9.17, 15) is 9.59 Å².